The molecule has 0 fully saturated rings. The lowest BCUT2D eigenvalue weighted by Crippen LogP contribution is -2.32. The maximum absolute atomic E-state index is 13.3. The molecule has 35 heavy (non-hydrogen) atoms. The Morgan fingerprint density at radius 2 is 1.86 bits per heavy atom. The minimum absolute atomic E-state index is 0.175. The van der Waals surface area contributed by atoms with Gasteiger partial charge >= 0.3 is 5.97 Å². The van der Waals surface area contributed by atoms with Crippen LogP contribution < -0.4 is 15.6 Å². The smallest absolute Gasteiger partial charge is 0.321 e. The Morgan fingerprint density at radius 3 is 2.43 bits per heavy atom. The monoisotopic (exact) mass is 502 g/mol. The van der Waals surface area contributed by atoms with E-state index >= 15 is 0 Å². The van der Waals surface area contributed by atoms with Gasteiger partial charge in [-0.25, -0.2) is 4.98 Å². The Balaban J connectivity index is 2.12. The number of nitrogens with zero attached hydrogens (tertiary/aromatic N) is 2. The quantitative estimate of drug-likeness (QED) is 0.215. The Morgan fingerprint density at radius 1 is 1.17 bits per heavy atom. The highest BCUT2D eigenvalue weighted by Crippen LogP contribution is 2.34. The lowest BCUT2D eigenvalue weighted by Gasteiger charge is -2.21. The van der Waals surface area contributed by atoms with E-state index in [1.165, 1.54) is 11.8 Å². The van der Waals surface area contributed by atoms with Gasteiger partial charge < -0.3 is 20.2 Å². The summed E-state index contributed by atoms with van der Waals surface area (Å²) in [4.78, 5) is 31.0. The van der Waals surface area contributed by atoms with Crippen LogP contribution >= 0.6 is 11.8 Å². The molecular weight excluding hydrogens is 464 g/mol. The minimum atomic E-state index is -0.688. The lowest BCUT2D eigenvalue weighted by molar-refractivity contribution is -0.145. The number of aryl methyl sites for hydroxylation is 1. The number of rotatable bonds is 14. The molecule has 0 atom stereocenters. The van der Waals surface area contributed by atoms with Crippen LogP contribution in [0.1, 0.15) is 65.9 Å². The van der Waals surface area contributed by atoms with Crippen molar-refractivity contribution >= 4 is 29.1 Å². The molecule has 1 heterocycles. The molecule has 8 nitrogen and oxygen atoms in total. The molecule has 0 radical (unpaired) electrons. The average molecular weight is 503 g/mol. The van der Waals surface area contributed by atoms with Gasteiger partial charge in [0.1, 0.15) is 34.3 Å². The van der Waals surface area contributed by atoms with Crippen LogP contribution in [-0.2, 0) is 22.5 Å². The number of thioether (sulfide) groups is 1. The summed E-state index contributed by atoms with van der Waals surface area (Å²) < 4.78 is 12.0. The maximum atomic E-state index is 13.3. The average Bonchev–Trinajstić information content (AvgIpc) is 2.82. The van der Waals surface area contributed by atoms with E-state index in [1.54, 1.807) is 11.5 Å². The van der Waals surface area contributed by atoms with Gasteiger partial charge in [0, 0.05) is 17.9 Å². The summed E-state index contributed by atoms with van der Waals surface area (Å²) in [5, 5.41) is 11.5. The molecule has 0 unspecified atom stereocenters. The third-order valence-corrected chi connectivity index (χ3v) is 6.44. The largest absolute Gasteiger partial charge is 0.492 e. The first-order valence-electron chi connectivity index (χ1n) is 12.2. The van der Waals surface area contributed by atoms with Crippen LogP contribution in [0.15, 0.2) is 34.0 Å². The van der Waals surface area contributed by atoms with E-state index in [9.17, 15) is 9.59 Å². The van der Waals surface area contributed by atoms with Crippen LogP contribution in [0.3, 0.4) is 0 Å². The van der Waals surface area contributed by atoms with E-state index in [0.717, 1.165) is 11.3 Å². The van der Waals surface area contributed by atoms with Crippen molar-refractivity contribution in [3.63, 3.8) is 0 Å². The topological polar surface area (TPSA) is 106 Å². The first-order chi connectivity index (χ1) is 16.7. The van der Waals surface area contributed by atoms with Gasteiger partial charge in [-0.1, -0.05) is 20.3 Å². The molecule has 1 aromatic heterocycles. The molecule has 2 N–H and O–H groups in total. The zero-order valence-corrected chi connectivity index (χ0v) is 22.5. The molecule has 2 rings (SSSR count). The molecule has 2 aromatic rings. The second kappa shape index (κ2) is 13.3. The molecule has 0 aliphatic rings. The van der Waals surface area contributed by atoms with E-state index < -0.39 is 4.75 Å². The van der Waals surface area contributed by atoms with Crippen molar-refractivity contribution in [1.82, 2.24) is 9.55 Å². The van der Waals surface area contributed by atoms with Crippen LogP contribution in [0, 0.1) is 5.41 Å². The SMILES string of the molecule is CCCC(=N)c1nc(CC)n(CCOc2ccc(SC(C)(C)C(=O)OCC)cc2)c(=O)c1NCC. The minimum Gasteiger partial charge on any atom is -0.492 e. The van der Waals surface area contributed by atoms with E-state index in [-0.39, 0.29) is 11.5 Å². The van der Waals surface area contributed by atoms with Gasteiger partial charge in [0.25, 0.3) is 5.56 Å². The molecule has 0 saturated carbocycles. The van der Waals surface area contributed by atoms with Crippen molar-refractivity contribution in [2.45, 2.75) is 77.0 Å². The standard InChI is InChI=1S/C26H38N4O4S/c1-7-11-20(27)22-23(28-9-3)24(31)30(21(8-2)29-22)16-17-34-18-12-14-19(15-13-18)35-26(5,6)25(32)33-10-4/h12-15,27-28H,7-11,16-17H2,1-6H3. The van der Waals surface area contributed by atoms with Crippen molar-refractivity contribution in [2.75, 3.05) is 25.1 Å². The third kappa shape index (κ3) is 7.59. The van der Waals surface area contributed by atoms with Crippen molar-refractivity contribution < 1.29 is 14.3 Å². The Kier molecular flexibility index (Phi) is 10.8. The van der Waals surface area contributed by atoms with E-state index in [1.807, 2.05) is 58.9 Å². The number of esters is 1. The number of anilines is 1. The molecule has 0 amide bonds. The van der Waals surface area contributed by atoms with Gasteiger partial charge in [-0.2, -0.15) is 0 Å². The Hall–Kier alpha value is -2.81. The van der Waals surface area contributed by atoms with Crippen LogP contribution in [0.4, 0.5) is 5.69 Å². The second-order valence-electron chi connectivity index (χ2n) is 8.47. The molecule has 0 aliphatic carbocycles. The van der Waals surface area contributed by atoms with Gasteiger partial charge in [-0.15, -0.1) is 11.8 Å². The van der Waals surface area contributed by atoms with Gasteiger partial charge in [-0.3, -0.25) is 14.2 Å². The molecule has 1 aromatic carbocycles. The number of ether oxygens (including phenoxy) is 2. The first-order valence-corrected chi connectivity index (χ1v) is 13.0. The number of hydrogen-bond acceptors (Lipinski definition) is 8. The summed E-state index contributed by atoms with van der Waals surface area (Å²) in [6, 6.07) is 7.52. The fraction of sp³-hybridized carbons (Fsp3) is 0.538. The fourth-order valence-corrected chi connectivity index (χ4v) is 4.53. The number of hydrogen-bond donors (Lipinski definition) is 2. The van der Waals surface area contributed by atoms with E-state index in [0.29, 0.717) is 67.8 Å². The zero-order valence-electron chi connectivity index (χ0n) is 21.7. The number of aromatic nitrogens is 2. The first kappa shape index (κ1) is 28.4. The molecule has 0 aliphatic heterocycles. The molecule has 192 valence electrons. The van der Waals surface area contributed by atoms with Crippen LogP contribution in [-0.4, -0.2) is 45.7 Å². The van der Waals surface area contributed by atoms with Crippen LogP contribution in [0.5, 0.6) is 5.75 Å². The van der Waals surface area contributed by atoms with Crippen molar-refractivity contribution in [1.29, 1.82) is 5.41 Å². The number of carbonyl (C=O) groups is 1. The third-order valence-electron chi connectivity index (χ3n) is 5.25. The van der Waals surface area contributed by atoms with Crippen molar-refractivity contribution in [3.8, 4) is 5.75 Å². The van der Waals surface area contributed by atoms with Gasteiger partial charge in [0.2, 0.25) is 0 Å². The van der Waals surface area contributed by atoms with Crippen molar-refractivity contribution in [3.05, 3.63) is 46.1 Å². The highest BCUT2D eigenvalue weighted by molar-refractivity contribution is 8.01. The lowest BCUT2D eigenvalue weighted by atomic mass is 10.1. The molecular formula is C26H38N4O4S. The molecule has 0 bridgehead atoms. The van der Waals surface area contributed by atoms with Crippen molar-refractivity contribution in [2.24, 2.45) is 0 Å². The van der Waals surface area contributed by atoms with Gasteiger partial charge in [0.05, 0.1) is 18.9 Å². The summed E-state index contributed by atoms with van der Waals surface area (Å²) in [5.74, 6) is 1.07. The number of carbonyl (C=O) groups excluding carboxylic acids is 1. The number of nitrogens with one attached hydrogen (secondary N) is 2. The summed E-state index contributed by atoms with van der Waals surface area (Å²) in [7, 11) is 0. The normalized spacial score (nSPS) is 11.3. The summed E-state index contributed by atoms with van der Waals surface area (Å²) in [6.07, 6.45) is 1.98. The highest BCUT2D eigenvalue weighted by atomic mass is 32.2. The van der Waals surface area contributed by atoms with Crippen LogP contribution in [0.25, 0.3) is 0 Å². The summed E-state index contributed by atoms with van der Waals surface area (Å²) >= 11 is 1.44. The zero-order chi connectivity index (χ0) is 26.0. The molecule has 9 heteroatoms. The summed E-state index contributed by atoms with van der Waals surface area (Å²) in [6.45, 7) is 12.9. The predicted octanol–water partition coefficient (Wildman–Crippen LogP) is 4.92. The number of benzene rings is 1. The van der Waals surface area contributed by atoms with Gasteiger partial charge in [0.15, 0.2) is 0 Å². The van der Waals surface area contributed by atoms with E-state index in [2.05, 4.69) is 10.3 Å². The highest BCUT2D eigenvalue weighted by Gasteiger charge is 2.30. The predicted molar refractivity (Wildman–Crippen MR) is 142 cm³/mol. The second-order valence-corrected chi connectivity index (χ2v) is 10.2. The molecule has 0 spiro atoms. The van der Waals surface area contributed by atoms with E-state index in [4.69, 9.17) is 14.9 Å². The summed E-state index contributed by atoms with van der Waals surface area (Å²) in [5.41, 5.74) is 1.04. The fourth-order valence-electron chi connectivity index (χ4n) is 3.52. The molecule has 0 saturated heterocycles. The Labute approximate surface area is 212 Å². The maximum Gasteiger partial charge on any atom is 0.321 e. The Bertz CT molecular complexity index is 1060. The van der Waals surface area contributed by atoms with Gasteiger partial charge in [-0.05, 0) is 58.4 Å². The van der Waals surface area contributed by atoms with Crippen LogP contribution in [0.2, 0.25) is 0 Å².